The summed E-state index contributed by atoms with van der Waals surface area (Å²) in [6.07, 6.45) is 0. The van der Waals surface area contributed by atoms with Crippen LogP contribution in [0, 0.1) is 10.6 Å². The molecular formula is C9H6ClIN2. The number of hydrogen-bond acceptors (Lipinski definition) is 2. The van der Waals surface area contributed by atoms with E-state index in [2.05, 4.69) is 32.8 Å². The molecule has 1 aromatic heterocycles. The minimum absolute atomic E-state index is 0.689. The quantitative estimate of drug-likeness (QED) is 0.699. The molecule has 0 N–H and O–H groups in total. The van der Waals surface area contributed by atoms with Crippen LogP contribution < -0.4 is 0 Å². The molecule has 0 bridgehead atoms. The van der Waals surface area contributed by atoms with Crippen molar-refractivity contribution in [2.24, 2.45) is 0 Å². The number of benzene rings is 1. The summed E-state index contributed by atoms with van der Waals surface area (Å²) in [7, 11) is 0. The molecule has 0 aliphatic rings. The van der Waals surface area contributed by atoms with Crippen LogP contribution in [0.3, 0.4) is 0 Å². The third-order valence-corrected chi connectivity index (χ3v) is 3.27. The Balaban J connectivity index is 2.89. The highest BCUT2D eigenvalue weighted by Crippen LogP contribution is 2.25. The van der Waals surface area contributed by atoms with Crippen molar-refractivity contribution < 1.29 is 0 Å². The molecule has 2 rings (SSSR count). The van der Waals surface area contributed by atoms with Crippen molar-refractivity contribution in [3.63, 3.8) is 0 Å². The highest BCUT2D eigenvalue weighted by atomic mass is 127. The molecule has 0 aliphatic carbocycles. The summed E-state index contributed by atoms with van der Waals surface area (Å²) in [5.74, 6) is 0. The van der Waals surface area contributed by atoms with Gasteiger partial charge in [-0.3, -0.25) is 0 Å². The first-order valence-corrected chi connectivity index (χ1v) is 5.22. The van der Waals surface area contributed by atoms with E-state index < -0.39 is 0 Å². The van der Waals surface area contributed by atoms with Gasteiger partial charge in [0, 0.05) is 5.39 Å². The highest BCUT2D eigenvalue weighted by Gasteiger charge is 2.05. The van der Waals surface area contributed by atoms with Gasteiger partial charge in [0.1, 0.15) is 3.70 Å². The minimum atomic E-state index is 0.689. The van der Waals surface area contributed by atoms with Crippen molar-refractivity contribution in [1.82, 2.24) is 10.2 Å². The maximum atomic E-state index is 6.09. The second kappa shape index (κ2) is 3.38. The third kappa shape index (κ3) is 1.62. The predicted octanol–water partition coefficient (Wildman–Crippen LogP) is 3.20. The summed E-state index contributed by atoms with van der Waals surface area (Å²) >= 11 is 8.17. The van der Waals surface area contributed by atoms with Gasteiger partial charge in [0.2, 0.25) is 0 Å². The molecule has 0 saturated carbocycles. The fourth-order valence-corrected chi connectivity index (χ4v) is 1.75. The summed E-state index contributed by atoms with van der Waals surface area (Å²) < 4.78 is 0.748. The number of fused-ring (bicyclic) bond motifs is 1. The van der Waals surface area contributed by atoms with Gasteiger partial charge in [0.15, 0.2) is 0 Å². The van der Waals surface area contributed by atoms with E-state index >= 15 is 0 Å². The van der Waals surface area contributed by atoms with Gasteiger partial charge < -0.3 is 0 Å². The first kappa shape index (κ1) is 9.15. The first-order valence-electron chi connectivity index (χ1n) is 3.76. The first-order chi connectivity index (χ1) is 6.18. The molecule has 1 aromatic carbocycles. The zero-order valence-electron chi connectivity index (χ0n) is 6.88. The van der Waals surface area contributed by atoms with Gasteiger partial charge in [0.25, 0.3) is 0 Å². The average molecular weight is 305 g/mol. The molecule has 2 nitrogen and oxygen atoms in total. The SMILES string of the molecule is Cc1ccc2nnc(I)c(Cl)c2c1. The van der Waals surface area contributed by atoms with E-state index in [0.717, 1.165) is 14.6 Å². The van der Waals surface area contributed by atoms with E-state index in [1.807, 2.05) is 25.1 Å². The van der Waals surface area contributed by atoms with Crippen LogP contribution in [0.4, 0.5) is 0 Å². The number of rotatable bonds is 0. The Morgan fingerprint density at radius 2 is 2.08 bits per heavy atom. The predicted molar refractivity (Wildman–Crippen MR) is 62.0 cm³/mol. The summed E-state index contributed by atoms with van der Waals surface area (Å²) in [4.78, 5) is 0. The zero-order valence-corrected chi connectivity index (χ0v) is 9.80. The van der Waals surface area contributed by atoms with Gasteiger partial charge in [-0.15, -0.1) is 10.2 Å². The molecule has 0 unspecified atom stereocenters. The van der Waals surface area contributed by atoms with Crippen molar-refractivity contribution in [3.05, 3.63) is 32.5 Å². The number of hydrogen-bond donors (Lipinski definition) is 0. The lowest BCUT2D eigenvalue weighted by Crippen LogP contribution is -1.90. The second-order valence-corrected chi connectivity index (χ2v) is 4.23. The Morgan fingerprint density at radius 3 is 2.85 bits per heavy atom. The lowest BCUT2D eigenvalue weighted by molar-refractivity contribution is 1.04. The molecule has 0 aliphatic heterocycles. The highest BCUT2D eigenvalue weighted by molar-refractivity contribution is 14.1. The van der Waals surface area contributed by atoms with Gasteiger partial charge in [-0.1, -0.05) is 23.2 Å². The largest absolute Gasteiger partial charge is 0.149 e. The number of aryl methyl sites for hydroxylation is 1. The molecule has 66 valence electrons. The number of halogens is 2. The second-order valence-electron chi connectivity index (χ2n) is 2.83. The summed E-state index contributed by atoms with van der Waals surface area (Å²) in [5.41, 5.74) is 2.02. The van der Waals surface area contributed by atoms with Crippen molar-refractivity contribution in [1.29, 1.82) is 0 Å². The van der Waals surface area contributed by atoms with Crippen LogP contribution in [0.1, 0.15) is 5.56 Å². The van der Waals surface area contributed by atoms with Crippen molar-refractivity contribution in [3.8, 4) is 0 Å². The average Bonchev–Trinajstić information content (AvgIpc) is 2.12. The van der Waals surface area contributed by atoms with Gasteiger partial charge in [-0.05, 0) is 41.6 Å². The Morgan fingerprint density at radius 1 is 1.31 bits per heavy atom. The third-order valence-electron chi connectivity index (χ3n) is 1.82. The van der Waals surface area contributed by atoms with Crippen LogP contribution in [-0.2, 0) is 0 Å². The van der Waals surface area contributed by atoms with E-state index in [0.29, 0.717) is 5.02 Å². The standard InChI is InChI=1S/C9H6ClIN2/c1-5-2-3-7-6(4-5)8(10)9(11)13-12-7/h2-4H,1H3. The van der Waals surface area contributed by atoms with Gasteiger partial charge >= 0.3 is 0 Å². The number of nitrogens with zero attached hydrogens (tertiary/aromatic N) is 2. The smallest absolute Gasteiger partial charge is 0.143 e. The molecule has 0 amide bonds. The maximum absolute atomic E-state index is 6.09. The normalized spacial score (nSPS) is 10.7. The molecular weight excluding hydrogens is 298 g/mol. The van der Waals surface area contributed by atoms with E-state index in [1.54, 1.807) is 0 Å². The van der Waals surface area contributed by atoms with E-state index in [9.17, 15) is 0 Å². The van der Waals surface area contributed by atoms with Crippen LogP contribution in [-0.4, -0.2) is 10.2 Å². The topological polar surface area (TPSA) is 25.8 Å². The maximum Gasteiger partial charge on any atom is 0.143 e. The molecule has 0 saturated heterocycles. The van der Waals surface area contributed by atoms with Gasteiger partial charge in [-0.25, -0.2) is 0 Å². The van der Waals surface area contributed by atoms with Gasteiger partial charge in [-0.2, -0.15) is 0 Å². The molecule has 13 heavy (non-hydrogen) atoms. The fourth-order valence-electron chi connectivity index (χ4n) is 1.17. The Hall–Kier alpha value is -0.420. The van der Waals surface area contributed by atoms with Crippen molar-refractivity contribution in [2.75, 3.05) is 0 Å². The van der Waals surface area contributed by atoms with E-state index in [1.165, 1.54) is 5.56 Å². The number of aromatic nitrogens is 2. The lowest BCUT2D eigenvalue weighted by atomic mass is 10.2. The minimum Gasteiger partial charge on any atom is -0.149 e. The Labute approximate surface area is 94.5 Å². The molecule has 1 heterocycles. The molecule has 2 aromatic rings. The van der Waals surface area contributed by atoms with Crippen LogP contribution >= 0.6 is 34.2 Å². The van der Waals surface area contributed by atoms with E-state index in [-0.39, 0.29) is 0 Å². The van der Waals surface area contributed by atoms with Crippen molar-refractivity contribution >= 4 is 45.1 Å². The monoisotopic (exact) mass is 304 g/mol. The lowest BCUT2D eigenvalue weighted by Gasteiger charge is -2.01. The van der Waals surface area contributed by atoms with Crippen LogP contribution in [0.2, 0.25) is 5.02 Å². The van der Waals surface area contributed by atoms with Crippen LogP contribution in [0.15, 0.2) is 18.2 Å². The summed E-state index contributed by atoms with van der Waals surface area (Å²) in [5, 5.41) is 9.64. The molecule has 0 spiro atoms. The Bertz CT molecular complexity index is 465. The zero-order chi connectivity index (χ0) is 9.42. The van der Waals surface area contributed by atoms with Crippen LogP contribution in [0.5, 0.6) is 0 Å². The fraction of sp³-hybridized carbons (Fsp3) is 0.111. The van der Waals surface area contributed by atoms with Gasteiger partial charge in [0.05, 0.1) is 10.5 Å². The van der Waals surface area contributed by atoms with Crippen molar-refractivity contribution in [2.45, 2.75) is 6.92 Å². The molecule has 0 atom stereocenters. The Kier molecular flexibility index (Phi) is 2.38. The molecule has 0 radical (unpaired) electrons. The summed E-state index contributed by atoms with van der Waals surface area (Å²) in [6, 6.07) is 5.95. The summed E-state index contributed by atoms with van der Waals surface area (Å²) in [6.45, 7) is 2.03. The molecule has 0 fully saturated rings. The van der Waals surface area contributed by atoms with E-state index in [4.69, 9.17) is 11.6 Å². The molecule has 4 heteroatoms. The van der Waals surface area contributed by atoms with Crippen LogP contribution in [0.25, 0.3) is 10.9 Å².